The van der Waals surface area contributed by atoms with Gasteiger partial charge in [0.25, 0.3) is 5.91 Å². The standard InChI is InChI=1S/C22H21N3O4/c23-22(27)18-14-16(25-9-11-28-12-10-25)5-7-19(18)24-21(26)8-6-17-13-15-3-1-2-4-20(15)29-17/h1-8,13-14H,9-12H2,(H2,23,27)(H,24,26). The van der Waals surface area contributed by atoms with E-state index in [-0.39, 0.29) is 11.5 Å². The summed E-state index contributed by atoms with van der Waals surface area (Å²) in [5.74, 6) is -0.414. The Labute approximate surface area is 167 Å². The summed E-state index contributed by atoms with van der Waals surface area (Å²) < 4.78 is 11.0. The number of nitrogens with one attached hydrogen (secondary N) is 1. The lowest BCUT2D eigenvalue weighted by Gasteiger charge is -2.29. The van der Waals surface area contributed by atoms with E-state index in [0.717, 1.165) is 29.7 Å². The summed E-state index contributed by atoms with van der Waals surface area (Å²) in [6.45, 7) is 2.75. The number of nitrogens with two attached hydrogens (primary N) is 1. The molecule has 2 aromatic carbocycles. The van der Waals surface area contributed by atoms with Gasteiger partial charge >= 0.3 is 0 Å². The van der Waals surface area contributed by atoms with Gasteiger partial charge in [-0.1, -0.05) is 18.2 Å². The van der Waals surface area contributed by atoms with Crippen molar-refractivity contribution in [1.29, 1.82) is 0 Å². The quantitative estimate of drug-likeness (QED) is 0.652. The maximum Gasteiger partial charge on any atom is 0.250 e. The molecule has 0 unspecified atom stereocenters. The van der Waals surface area contributed by atoms with Gasteiger partial charge in [-0.3, -0.25) is 9.59 Å². The monoisotopic (exact) mass is 391 g/mol. The van der Waals surface area contributed by atoms with Crippen molar-refractivity contribution >= 4 is 40.2 Å². The molecular weight excluding hydrogens is 370 g/mol. The van der Waals surface area contributed by atoms with E-state index >= 15 is 0 Å². The first-order valence-corrected chi connectivity index (χ1v) is 9.34. The van der Waals surface area contributed by atoms with Gasteiger partial charge in [-0.25, -0.2) is 0 Å². The number of rotatable bonds is 5. The fourth-order valence-electron chi connectivity index (χ4n) is 3.28. The van der Waals surface area contributed by atoms with Crippen LogP contribution in [0.5, 0.6) is 0 Å². The lowest BCUT2D eigenvalue weighted by Crippen LogP contribution is -2.36. The molecule has 3 N–H and O–H groups in total. The molecule has 1 saturated heterocycles. The lowest BCUT2D eigenvalue weighted by molar-refractivity contribution is -0.111. The van der Waals surface area contributed by atoms with Crippen LogP contribution in [0.3, 0.4) is 0 Å². The fraction of sp³-hybridized carbons (Fsp3) is 0.182. The Hall–Kier alpha value is -3.58. The minimum Gasteiger partial charge on any atom is -0.457 e. The number of furan rings is 1. The highest BCUT2D eigenvalue weighted by Gasteiger charge is 2.16. The zero-order valence-corrected chi connectivity index (χ0v) is 15.8. The van der Waals surface area contributed by atoms with Gasteiger partial charge in [0.1, 0.15) is 11.3 Å². The molecule has 0 atom stereocenters. The topological polar surface area (TPSA) is 97.8 Å². The van der Waals surface area contributed by atoms with Crippen molar-refractivity contribution in [2.75, 3.05) is 36.5 Å². The van der Waals surface area contributed by atoms with Crippen LogP contribution < -0.4 is 16.0 Å². The van der Waals surface area contributed by atoms with Gasteiger partial charge in [0.05, 0.1) is 24.5 Å². The van der Waals surface area contributed by atoms with Crippen molar-refractivity contribution in [1.82, 2.24) is 0 Å². The van der Waals surface area contributed by atoms with Gasteiger partial charge in [-0.15, -0.1) is 0 Å². The first-order valence-electron chi connectivity index (χ1n) is 9.34. The Morgan fingerprint density at radius 3 is 2.62 bits per heavy atom. The van der Waals surface area contributed by atoms with Gasteiger partial charge < -0.3 is 25.1 Å². The molecule has 0 radical (unpaired) electrons. The summed E-state index contributed by atoms with van der Waals surface area (Å²) in [7, 11) is 0. The molecule has 4 rings (SSSR count). The number of morpholine rings is 1. The average Bonchev–Trinajstić information content (AvgIpc) is 3.16. The minimum absolute atomic E-state index is 0.263. The average molecular weight is 391 g/mol. The van der Waals surface area contributed by atoms with Gasteiger partial charge in [0.2, 0.25) is 5.91 Å². The van der Waals surface area contributed by atoms with Crippen LogP contribution >= 0.6 is 0 Å². The van der Waals surface area contributed by atoms with E-state index < -0.39 is 5.91 Å². The maximum absolute atomic E-state index is 12.3. The zero-order chi connectivity index (χ0) is 20.2. The predicted octanol–water partition coefficient (Wildman–Crippen LogP) is 3.02. The number of para-hydroxylation sites is 1. The Morgan fingerprint density at radius 1 is 1.07 bits per heavy atom. The Bertz CT molecular complexity index is 1050. The van der Waals surface area contributed by atoms with Crippen molar-refractivity contribution in [2.45, 2.75) is 0 Å². The number of amides is 2. The van der Waals surface area contributed by atoms with Crippen molar-refractivity contribution in [3.05, 3.63) is 65.9 Å². The molecule has 3 aromatic rings. The highest BCUT2D eigenvalue weighted by molar-refractivity contribution is 6.07. The minimum atomic E-state index is -0.600. The molecule has 7 nitrogen and oxygen atoms in total. The fourth-order valence-corrected chi connectivity index (χ4v) is 3.28. The molecular formula is C22H21N3O4. The summed E-state index contributed by atoms with van der Waals surface area (Å²) >= 11 is 0. The van der Waals surface area contributed by atoms with Crippen molar-refractivity contribution in [2.24, 2.45) is 5.73 Å². The number of carbonyl (C=O) groups excluding carboxylic acids is 2. The number of benzene rings is 2. The van der Waals surface area contributed by atoms with E-state index in [1.165, 1.54) is 6.08 Å². The number of fused-ring (bicyclic) bond motifs is 1. The largest absolute Gasteiger partial charge is 0.457 e. The Kier molecular flexibility index (Phi) is 5.31. The molecule has 0 spiro atoms. The van der Waals surface area contributed by atoms with Crippen LogP contribution in [-0.2, 0) is 9.53 Å². The van der Waals surface area contributed by atoms with Gasteiger partial charge in [-0.05, 0) is 36.4 Å². The second-order valence-electron chi connectivity index (χ2n) is 6.70. The summed E-state index contributed by atoms with van der Waals surface area (Å²) in [6, 6.07) is 14.7. The first kappa shape index (κ1) is 18.8. The molecule has 1 aliphatic heterocycles. The Morgan fingerprint density at radius 2 is 1.86 bits per heavy atom. The highest BCUT2D eigenvalue weighted by Crippen LogP contribution is 2.24. The molecule has 0 saturated carbocycles. The summed E-state index contributed by atoms with van der Waals surface area (Å²) in [4.78, 5) is 26.4. The third-order valence-electron chi connectivity index (χ3n) is 4.75. The number of carbonyl (C=O) groups is 2. The van der Waals surface area contributed by atoms with Gasteiger partial charge in [-0.2, -0.15) is 0 Å². The second kappa shape index (κ2) is 8.20. The molecule has 7 heteroatoms. The number of anilines is 2. The van der Waals surface area contributed by atoms with Gasteiger partial charge in [0, 0.05) is 30.2 Å². The van der Waals surface area contributed by atoms with E-state index in [0.29, 0.717) is 24.7 Å². The molecule has 1 aromatic heterocycles. The van der Waals surface area contributed by atoms with Crippen LogP contribution in [0.4, 0.5) is 11.4 Å². The molecule has 2 amide bonds. The molecule has 1 aliphatic rings. The SMILES string of the molecule is NC(=O)c1cc(N2CCOCC2)ccc1NC(=O)C=Cc1cc2ccccc2o1. The molecule has 148 valence electrons. The number of ether oxygens (including phenoxy) is 1. The van der Waals surface area contributed by atoms with Crippen molar-refractivity contribution in [3.8, 4) is 0 Å². The van der Waals surface area contributed by atoms with E-state index in [9.17, 15) is 9.59 Å². The third-order valence-corrected chi connectivity index (χ3v) is 4.75. The van der Waals surface area contributed by atoms with Crippen molar-refractivity contribution in [3.63, 3.8) is 0 Å². The molecule has 0 aliphatic carbocycles. The number of nitrogens with zero attached hydrogens (tertiary/aromatic N) is 1. The zero-order valence-electron chi connectivity index (χ0n) is 15.8. The van der Waals surface area contributed by atoms with E-state index in [4.69, 9.17) is 14.9 Å². The summed E-state index contributed by atoms with van der Waals surface area (Å²) in [6.07, 6.45) is 2.94. The number of hydrogen-bond donors (Lipinski definition) is 2. The smallest absolute Gasteiger partial charge is 0.250 e. The predicted molar refractivity (Wildman–Crippen MR) is 112 cm³/mol. The summed E-state index contributed by atoms with van der Waals surface area (Å²) in [5, 5.41) is 3.68. The van der Waals surface area contributed by atoms with Crippen LogP contribution in [-0.4, -0.2) is 38.1 Å². The third kappa shape index (κ3) is 4.30. The lowest BCUT2D eigenvalue weighted by atomic mass is 10.1. The normalized spacial score (nSPS) is 14.4. The maximum atomic E-state index is 12.3. The second-order valence-corrected chi connectivity index (χ2v) is 6.70. The van der Waals surface area contributed by atoms with Crippen LogP contribution in [0.2, 0.25) is 0 Å². The van der Waals surface area contributed by atoms with Crippen LogP contribution in [0.25, 0.3) is 17.0 Å². The number of primary amides is 1. The molecule has 0 bridgehead atoms. The van der Waals surface area contributed by atoms with E-state index in [2.05, 4.69) is 10.2 Å². The molecule has 1 fully saturated rings. The van der Waals surface area contributed by atoms with Crippen LogP contribution in [0.15, 0.2) is 59.0 Å². The van der Waals surface area contributed by atoms with Crippen molar-refractivity contribution < 1.29 is 18.7 Å². The highest BCUT2D eigenvalue weighted by atomic mass is 16.5. The first-order chi connectivity index (χ1) is 14.1. The number of hydrogen-bond acceptors (Lipinski definition) is 5. The summed E-state index contributed by atoms with van der Waals surface area (Å²) in [5.41, 5.74) is 7.79. The molecule has 2 heterocycles. The van der Waals surface area contributed by atoms with E-state index in [1.807, 2.05) is 36.4 Å². The Balaban J connectivity index is 1.49. The molecule has 29 heavy (non-hydrogen) atoms. The van der Waals surface area contributed by atoms with E-state index in [1.54, 1.807) is 18.2 Å². The van der Waals surface area contributed by atoms with Crippen LogP contribution in [0.1, 0.15) is 16.1 Å². The van der Waals surface area contributed by atoms with Gasteiger partial charge in [0.15, 0.2) is 0 Å². The van der Waals surface area contributed by atoms with Crippen LogP contribution in [0, 0.1) is 0 Å².